The maximum Gasteiger partial charge on any atom is 0.253 e. The Bertz CT molecular complexity index is 481. The van der Waals surface area contributed by atoms with Crippen molar-refractivity contribution in [2.45, 2.75) is 6.42 Å². The highest BCUT2D eigenvalue weighted by Gasteiger charge is 2.23. The number of carbonyl (C=O) groups is 1. The van der Waals surface area contributed by atoms with Crippen LogP contribution in [0.3, 0.4) is 0 Å². The Morgan fingerprint density at radius 1 is 1.58 bits per heavy atom. The highest BCUT2D eigenvalue weighted by molar-refractivity contribution is 9.10. The average molecular weight is 346 g/mol. The van der Waals surface area contributed by atoms with E-state index in [0.717, 1.165) is 24.1 Å². The number of hydrogen-bond acceptors (Lipinski definition) is 2. The van der Waals surface area contributed by atoms with Gasteiger partial charge in [0.25, 0.3) is 5.91 Å². The molecule has 0 saturated carbocycles. The van der Waals surface area contributed by atoms with E-state index in [1.165, 1.54) is 6.42 Å². The van der Waals surface area contributed by atoms with E-state index in [1.807, 2.05) is 7.05 Å². The number of benzene rings is 1. The van der Waals surface area contributed by atoms with E-state index in [2.05, 4.69) is 27.9 Å². The molecule has 1 fully saturated rings. The van der Waals surface area contributed by atoms with Crippen LogP contribution in [-0.4, -0.2) is 49.4 Å². The second kappa shape index (κ2) is 6.25. The molecule has 1 atom stereocenters. The maximum atomic E-state index is 12.3. The van der Waals surface area contributed by atoms with Crippen LogP contribution in [0.4, 0.5) is 0 Å². The second-order valence-corrected chi connectivity index (χ2v) is 6.49. The van der Waals surface area contributed by atoms with Crippen molar-refractivity contribution in [1.82, 2.24) is 9.80 Å². The maximum absolute atomic E-state index is 12.3. The van der Waals surface area contributed by atoms with Gasteiger partial charge in [-0.2, -0.15) is 0 Å². The van der Waals surface area contributed by atoms with Gasteiger partial charge < -0.3 is 9.80 Å². The molecule has 0 aliphatic carbocycles. The smallest absolute Gasteiger partial charge is 0.253 e. The largest absolute Gasteiger partial charge is 0.341 e. The van der Waals surface area contributed by atoms with E-state index in [0.29, 0.717) is 16.5 Å². The van der Waals surface area contributed by atoms with Crippen molar-refractivity contribution in [3.05, 3.63) is 33.3 Å². The molecule has 0 N–H and O–H groups in total. The molecular weight excluding hydrogens is 328 g/mol. The van der Waals surface area contributed by atoms with Crippen molar-refractivity contribution < 1.29 is 4.79 Å². The summed E-state index contributed by atoms with van der Waals surface area (Å²) in [6.07, 6.45) is 1.17. The van der Waals surface area contributed by atoms with E-state index in [-0.39, 0.29) is 5.91 Å². The third-order valence-corrected chi connectivity index (χ3v) is 4.75. The van der Waals surface area contributed by atoms with E-state index >= 15 is 0 Å². The highest BCUT2D eigenvalue weighted by Crippen LogP contribution is 2.24. The lowest BCUT2D eigenvalue weighted by Crippen LogP contribution is -2.32. The molecule has 19 heavy (non-hydrogen) atoms. The van der Waals surface area contributed by atoms with E-state index in [1.54, 1.807) is 23.1 Å². The summed E-state index contributed by atoms with van der Waals surface area (Å²) in [5.41, 5.74) is 0.671. The summed E-state index contributed by atoms with van der Waals surface area (Å²) < 4.78 is 0.758. The SMILES string of the molecule is CN1CCC(CN(C)C(=O)c2ccc(Cl)c(Br)c2)C1. The lowest BCUT2D eigenvalue weighted by molar-refractivity contribution is 0.0774. The van der Waals surface area contributed by atoms with E-state index in [4.69, 9.17) is 11.6 Å². The molecule has 104 valence electrons. The Morgan fingerprint density at radius 2 is 2.32 bits per heavy atom. The van der Waals surface area contributed by atoms with E-state index < -0.39 is 0 Å². The molecule has 0 aromatic heterocycles. The van der Waals surface area contributed by atoms with Crippen LogP contribution in [0.2, 0.25) is 5.02 Å². The quantitative estimate of drug-likeness (QED) is 0.840. The Labute approximate surface area is 127 Å². The molecular formula is C14H18BrClN2O. The van der Waals surface area contributed by atoms with Crippen LogP contribution in [0.5, 0.6) is 0 Å². The number of amides is 1. The van der Waals surface area contributed by atoms with Crippen molar-refractivity contribution in [1.29, 1.82) is 0 Å². The molecule has 1 amide bonds. The zero-order chi connectivity index (χ0) is 14.0. The monoisotopic (exact) mass is 344 g/mol. The molecule has 0 radical (unpaired) electrons. The third kappa shape index (κ3) is 3.71. The highest BCUT2D eigenvalue weighted by atomic mass is 79.9. The third-order valence-electron chi connectivity index (χ3n) is 3.53. The van der Waals surface area contributed by atoms with Crippen LogP contribution in [0.25, 0.3) is 0 Å². The van der Waals surface area contributed by atoms with Gasteiger partial charge in [-0.3, -0.25) is 4.79 Å². The zero-order valence-electron chi connectivity index (χ0n) is 11.2. The van der Waals surface area contributed by atoms with Gasteiger partial charge in [-0.25, -0.2) is 0 Å². The second-order valence-electron chi connectivity index (χ2n) is 5.23. The fraction of sp³-hybridized carbons (Fsp3) is 0.500. The first-order valence-corrected chi connectivity index (χ1v) is 7.53. The number of rotatable bonds is 3. The topological polar surface area (TPSA) is 23.6 Å². The Balaban J connectivity index is 2.00. The number of carbonyl (C=O) groups excluding carboxylic acids is 1. The standard InChI is InChI=1S/C14H18BrClN2O/c1-17-6-5-10(8-17)9-18(2)14(19)11-3-4-13(16)12(15)7-11/h3-4,7,10H,5-6,8-9H2,1-2H3. The van der Waals surface area contributed by atoms with Gasteiger partial charge in [-0.1, -0.05) is 11.6 Å². The molecule has 1 aromatic carbocycles. The number of nitrogens with zero attached hydrogens (tertiary/aromatic N) is 2. The van der Waals surface area contributed by atoms with Gasteiger partial charge in [0.2, 0.25) is 0 Å². The van der Waals surface area contributed by atoms with Crippen molar-refractivity contribution in [3.8, 4) is 0 Å². The molecule has 1 saturated heterocycles. The van der Waals surface area contributed by atoms with Gasteiger partial charge in [0.1, 0.15) is 0 Å². The lowest BCUT2D eigenvalue weighted by atomic mass is 10.1. The first-order chi connectivity index (χ1) is 8.97. The Kier molecular flexibility index (Phi) is 4.87. The molecule has 1 aliphatic heterocycles. The Hall–Kier alpha value is -0.580. The van der Waals surface area contributed by atoms with Crippen molar-refractivity contribution in [2.75, 3.05) is 33.7 Å². The summed E-state index contributed by atoms with van der Waals surface area (Å²) in [4.78, 5) is 16.4. The van der Waals surface area contributed by atoms with Crippen molar-refractivity contribution in [2.24, 2.45) is 5.92 Å². The molecule has 2 rings (SSSR count). The number of halogens is 2. The predicted octanol–water partition coefficient (Wildman–Crippen LogP) is 3.13. The summed E-state index contributed by atoms with van der Waals surface area (Å²) in [5.74, 6) is 0.626. The van der Waals surface area contributed by atoms with Gasteiger partial charge in [0.15, 0.2) is 0 Å². The summed E-state index contributed by atoms with van der Waals surface area (Å²) in [7, 11) is 3.99. The molecule has 1 aliphatic rings. The number of hydrogen-bond donors (Lipinski definition) is 0. The van der Waals surface area contributed by atoms with Gasteiger partial charge >= 0.3 is 0 Å². The Morgan fingerprint density at radius 3 is 2.89 bits per heavy atom. The van der Waals surface area contributed by atoms with Gasteiger partial charge in [0.05, 0.1) is 5.02 Å². The first-order valence-electron chi connectivity index (χ1n) is 6.36. The van der Waals surface area contributed by atoms with Crippen LogP contribution in [0.1, 0.15) is 16.8 Å². The van der Waals surface area contributed by atoms with Gasteiger partial charge in [0, 0.05) is 30.2 Å². The fourth-order valence-corrected chi connectivity index (χ4v) is 2.99. The van der Waals surface area contributed by atoms with E-state index in [9.17, 15) is 4.79 Å². The fourth-order valence-electron chi connectivity index (χ4n) is 2.50. The summed E-state index contributed by atoms with van der Waals surface area (Å²) >= 11 is 9.29. The predicted molar refractivity (Wildman–Crippen MR) is 81.7 cm³/mol. The minimum absolute atomic E-state index is 0.0481. The van der Waals surface area contributed by atoms with Crippen molar-refractivity contribution >= 4 is 33.4 Å². The van der Waals surface area contributed by atoms with Gasteiger partial charge in [-0.15, -0.1) is 0 Å². The molecule has 1 aromatic rings. The summed E-state index contributed by atoms with van der Waals surface area (Å²) in [6.45, 7) is 3.00. The minimum Gasteiger partial charge on any atom is -0.341 e. The van der Waals surface area contributed by atoms with Crippen molar-refractivity contribution in [3.63, 3.8) is 0 Å². The molecule has 0 bridgehead atoms. The van der Waals surface area contributed by atoms with Crippen LogP contribution in [0.15, 0.2) is 22.7 Å². The molecule has 1 unspecified atom stereocenters. The summed E-state index contributed by atoms with van der Waals surface area (Å²) in [6, 6.07) is 5.30. The first kappa shape index (κ1) is 14.8. The van der Waals surface area contributed by atoms with Crippen LogP contribution in [-0.2, 0) is 0 Å². The lowest BCUT2D eigenvalue weighted by Gasteiger charge is -2.21. The molecule has 1 heterocycles. The number of likely N-dealkylation sites (tertiary alicyclic amines) is 1. The normalized spacial score (nSPS) is 19.7. The molecule has 0 spiro atoms. The zero-order valence-corrected chi connectivity index (χ0v) is 13.5. The molecule has 5 heteroatoms. The summed E-state index contributed by atoms with van der Waals surface area (Å²) in [5, 5.41) is 0.622. The van der Waals surface area contributed by atoms with Crippen LogP contribution < -0.4 is 0 Å². The van der Waals surface area contributed by atoms with Crippen LogP contribution in [0, 0.1) is 5.92 Å². The van der Waals surface area contributed by atoms with Gasteiger partial charge in [-0.05, 0) is 60.1 Å². The van der Waals surface area contributed by atoms with Crippen LogP contribution >= 0.6 is 27.5 Å². The average Bonchev–Trinajstić information content (AvgIpc) is 2.77. The minimum atomic E-state index is 0.0481. The molecule has 3 nitrogen and oxygen atoms in total.